The second kappa shape index (κ2) is 5.79. The molecular formula is C11H14F3NO3S. The Labute approximate surface area is 109 Å². The summed E-state index contributed by atoms with van der Waals surface area (Å²) in [4.78, 5) is 0. The third-order valence-corrected chi connectivity index (χ3v) is 4.07. The molecule has 108 valence electrons. The Hall–Kier alpha value is -1.28. The maximum absolute atomic E-state index is 12.2. The van der Waals surface area contributed by atoms with Crippen LogP contribution in [0, 0.1) is 0 Å². The molecule has 4 nitrogen and oxygen atoms in total. The number of hydrogen-bond donors (Lipinski definition) is 1. The van der Waals surface area contributed by atoms with Crippen molar-refractivity contribution in [3.63, 3.8) is 0 Å². The van der Waals surface area contributed by atoms with Crippen molar-refractivity contribution < 1.29 is 26.3 Å². The molecule has 19 heavy (non-hydrogen) atoms. The van der Waals surface area contributed by atoms with E-state index in [1.807, 2.05) is 0 Å². The highest BCUT2D eigenvalue weighted by molar-refractivity contribution is 7.90. The molecule has 0 spiro atoms. The molecule has 8 heteroatoms. The quantitative estimate of drug-likeness (QED) is 0.908. The summed E-state index contributed by atoms with van der Waals surface area (Å²) in [6.45, 7) is 2.69. The third kappa shape index (κ3) is 5.07. The van der Waals surface area contributed by atoms with Gasteiger partial charge in [0, 0.05) is 12.1 Å². The second-order valence-corrected chi connectivity index (χ2v) is 6.39. The topological polar surface area (TPSA) is 55.4 Å². The Morgan fingerprint density at radius 3 is 2.37 bits per heavy atom. The van der Waals surface area contributed by atoms with Crippen LogP contribution in [0.15, 0.2) is 24.3 Å². The van der Waals surface area contributed by atoms with Crippen LogP contribution in [0.1, 0.15) is 19.4 Å². The number of halogens is 3. The highest BCUT2D eigenvalue weighted by Crippen LogP contribution is 2.26. The average molecular weight is 297 g/mol. The number of rotatable bonds is 5. The van der Waals surface area contributed by atoms with Gasteiger partial charge < -0.3 is 4.74 Å². The van der Waals surface area contributed by atoms with Gasteiger partial charge in [0.25, 0.3) is 0 Å². The molecule has 1 aromatic carbocycles. The van der Waals surface area contributed by atoms with Gasteiger partial charge in [0.1, 0.15) is 5.75 Å². The van der Waals surface area contributed by atoms with E-state index in [4.69, 9.17) is 0 Å². The van der Waals surface area contributed by atoms with Crippen LogP contribution in [0.4, 0.5) is 13.2 Å². The van der Waals surface area contributed by atoms with E-state index in [-0.39, 0.29) is 12.1 Å². The van der Waals surface area contributed by atoms with Gasteiger partial charge in [-0.1, -0.05) is 18.2 Å². The fourth-order valence-electron chi connectivity index (χ4n) is 1.22. The number of para-hydroxylation sites is 1. The van der Waals surface area contributed by atoms with Crippen molar-refractivity contribution in [1.82, 2.24) is 4.72 Å². The van der Waals surface area contributed by atoms with Crippen molar-refractivity contribution in [3.8, 4) is 5.75 Å². The first-order valence-electron chi connectivity index (χ1n) is 5.44. The smallest absolute Gasteiger partial charge is 0.405 e. The zero-order valence-electron chi connectivity index (χ0n) is 10.4. The molecule has 1 N–H and O–H groups in total. The predicted octanol–water partition coefficient (Wildman–Crippen LogP) is 2.41. The molecule has 0 aromatic heterocycles. The van der Waals surface area contributed by atoms with E-state index in [0.29, 0.717) is 0 Å². The van der Waals surface area contributed by atoms with Crippen molar-refractivity contribution in [2.45, 2.75) is 32.0 Å². The summed E-state index contributed by atoms with van der Waals surface area (Å²) >= 11 is 0. The first-order chi connectivity index (χ1) is 8.62. The fourth-order valence-corrected chi connectivity index (χ4v) is 1.91. The molecule has 0 fully saturated rings. The standard InChI is InChI=1S/C11H14F3NO3S/c1-8(2)19(16,17)15-7-9-5-3-4-6-10(9)18-11(12,13)14/h3-6,8,15H,7H2,1-2H3. The van der Waals surface area contributed by atoms with Crippen molar-refractivity contribution in [2.75, 3.05) is 0 Å². The Kier molecular flexibility index (Phi) is 4.81. The first-order valence-corrected chi connectivity index (χ1v) is 6.98. The van der Waals surface area contributed by atoms with Crippen molar-refractivity contribution >= 4 is 10.0 Å². The predicted molar refractivity (Wildman–Crippen MR) is 64.0 cm³/mol. The van der Waals surface area contributed by atoms with Crippen LogP contribution in [0.3, 0.4) is 0 Å². The van der Waals surface area contributed by atoms with E-state index in [2.05, 4.69) is 9.46 Å². The van der Waals surface area contributed by atoms with Crippen LogP contribution in [-0.4, -0.2) is 20.0 Å². The van der Waals surface area contributed by atoms with Crippen LogP contribution in [0.5, 0.6) is 5.75 Å². The third-order valence-electron chi connectivity index (χ3n) is 2.28. The molecule has 0 heterocycles. The summed E-state index contributed by atoms with van der Waals surface area (Å²) in [5.74, 6) is -0.415. The van der Waals surface area contributed by atoms with Gasteiger partial charge >= 0.3 is 6.36 Å². The molecule has 0 saturated heterocycles. The summed E-state index contributed by atoms with van der Waals surface area (Å²) in [5.41, 5.74) is 0.115. The van der Waals surface area contributed by atoms with Gasteiger partial charge in [-0.25, -0.2) is 13.1 Å². The lowest BCUT2D eigenvalue weighted by Crippen LogP contribution is -2.30. The minimum Gasteiger partial charge on any atom is -0.405 e. The minimum atomic E-state index is -4.81. The van der Waals surface area contributed by atoms with Gasteiger partial charge in [-0.3, -0.25) is 0 Å². The van der Waals surface area contributed by atoms with Crippen LogP contribution >= 0.6 is 0 Å². The highest BCUT2D eigenvalue weighted by Gasteiger charge is 2.32. The van der Waals surface area contributed by atoms with E-state index in [1.165, 1.54) is 32.0 Å². The van der Waals surface area contributed by atoms with Crippen LogP contribution in [-0.2, 0) is 16.6 Å². The Morgan fingerprint density at radius 2 is 1.84 bits per heavy atom. The number of hydrogen-bond acceptors (Lipinski definition) is 3. The van der Waals surface area contributed by atoms with Crippen molar-refractivity contribution in [1.29, 1.82) is 0 Å². The van der Waals surface area contributed by atoms with Crippen LogP contribution < -0.4 is 9.46 Å². The molecule has 0 aliphatic carbocycles. The summed E-state index contributed by atoms with van der Waals surface area (Å²) < 4.78 is 65.6. The maximum atomic E-state index is 12.2. The molecule has 0 bridgehead atoms. The fraction of sp³-hybridized carbons (Fsp3) is 0.455. The second-order valence-electron chi connectivity index (χ2n) is 4.07. The van der Waals surface area contributed by atoms with E-state index in [1.54, 1.807) is 0 Å². The normalized spacial score (nSPS) is 12.7. The SMILES string of the molecule is CC(C)S(=O)(=O)NCc1ccccc1OC(F)(F)F. The average Bonchev–Trinajstić information content (AvgIpc) is 2.25. The van der Waals surface area contributed by atoms with Gasteiger partial charge in [-0.05, 0) is 19.9 Å². The molecule has 0 saturated carbocycles. The van der Waals surface area contributed by atoms with E-state index >= 15 is 0 Å². The summed E-state index contributed by atoms with van der Waals surface area (Å²) in [7, 11) is -3.54. The molecule has 1 rings (SSSR count). The van der Waals surface area contributed by atoms with E-state index in [9.17, 15) is 21.6 Å². The minimum absolute atomic E-state index is 0.115. The lowest BCUT2D eigenvalue weighted by molar-refractivity contribution is -0.274. The Morgan fingerprint density at radius 1 is 1.26 bits per heavy atom. The molecule has 0 atom stereocenters. The maximum Gasteiger partial charge on any atom is 0.573 e. The van der Waals surface area contributed by atoms with E-state index < -0.39 is 27.4 Å². The van der Waals surface area contributed by atoms with Gasteiger partial charge in [0.15, 0.2) is 0 Å². The number of benzene rings is 1. The summed E-state index contributed by atoms with van der Waals surface area (Å²) in [6, 6.07) is 5.38. The van der Waals surface area contributed by atoms with Gasteiger partial charge in [0.2, 0.25) is 10.0 Å². The molecule has 1 aromatic rings. The Balaban J connectivity index is 2.85. The van der Waals surface area contributed by atoms with E-state index in [0.717, 1.165) is 6.07 Å². The molecule has 0 radical (unpaired) electrons. The van der Waals surface area contributed by atoms with Gasteiger partial charge in [0.05, 0.1) is 5.25 Å². The number of alkyl halides is 3. The largest absolute Gasteiger partial charge is 0.573 e. The summed E-state index contributed by atoms with van der Waals surface area (Å²) in [6.07, 6.45) is -4.81. The van der Waals surface area contributed by atoms with Gasteiger partial charge in [-0.15, -0.1) is 13.2 Å². The molecule has 0 amide bonds. The monoisotopic (exact) mass is 297 g/mol. The Bertz CT molecular complexity index is 526. The molecule has 0 unspecified atom stereocenters. The zero-order chi connectivity index (χ0) is 14.7. The van der Waals surface area contributed by atoms with Gasteiger partial charge in [-0.2, -0.15) is 0 Å². The number of ether oxygens (including phenoxy) is 1. The lowest BCUT2D eigenvalue weighted by Gasteiger charge is -2.14. The lowest BCUT2D eigenvalue weighted by atomic mass is 10.2. The number of sulfonamides is 1. The molecule has 0 aliphatic heterocycles. The number of nitrogens with one attached hydrogen (secondary N) is 1. The van der Waals surface area contributed by atoms with Crippen molar-refractivity contribution in [2.24, 2.45) is 0 Å². The first kappa shape index (κ1) is 15.8. The summed E-state index contributed by atoms with van der Waals surface area (Å²) in [5, 5.41) is -0.664. The van der Waals surface area contributed by atoms with Crippen LogP contribution in [0.2, 0.25) is 0 Å². The van der Waals surface area contributed by atoms with Crippen LogP contribution in [0.25, 0.3) is 0 Å². The molecular weight excluding hydrogens is 283 g/mol. The molecule has 0 aliphatic rings. The highest BCUT2D eigenvalue weighted by atomic mass is 32.2. The van der Waals surface area contributed by atoms with Crippen molar-refractivity contribution in [3.05, 3.63) is 29.8 Å². The zero-order valence-corrected chi connectivity index (χ0v) is 11.2.